The predicted molar refractivity (Wildman–Crippen MR) is 124 cm³/mol. The number of rotatable bonds is 0. The van der Waals surface area contributed by atoms with E-state index in [2.05, 4.69) is 14.9 Å². The summed E-state index contributed by atoms with van der Waals surface area (Å²) < 4.78 is 117. The van der Waals surface area contributed by atoms with E-state index >= 15 is 0 Å². The summed E-state index contributed by atoms with van der Waals surface area (Å²) in [6.07, 6.45) is 0. The molecule has 3 aromatic carbocycles. The van der Waals surface area contributed by atoms with Crippen molar-refractivity contribution in [3.8, 4) is 0 Å². The van der Waals surface area contributed by atoms with Crippen molar-refractivity contribution in [1.82, 2.24) is 0 Å². The first-order valence-electron chi connectivity index (χ1n) is 9.62. The van der Waals surface area contributed by atoms with Gasteiger partial charge >= 0.3 is 38.8 Å². The second-order valence-electron chi connectivity index (χ2n) is 5.79. The lowest BCUT2D eigenvalue weighted by Gasteiger charge is -1.94. The topological polar surface area (TPSA) is 84.5 Å². The van der Waals surface area contributed by atoms with Gasteiger partial charge in [0.1, 0.15) is 0 Å². The average Bonchev–Trinajstić information content (AvgIpc) is 2.83. The molecule has 39 heavy (non-hydrogen) atoms. The summed E-state index contributed by atoms with van der Waals surface area (Å²) >= 11 is 0. The molecule has 21 heteroatoms. The third kappa shape index (κ3) is 50.9. The van der Waals surface area contributed by atoms with Crippen LogP contribution in [-0.2, 0) is 0 Å². The maximum Gasteiger partial charge on any atom is 0.673 e. The highest BCUT2D eigenvalue weighted by molar-refractivity contribution is 6.50. The van der Waals surface area contributed by atoms with Gasteiger partial charge in [-0.05, 0) is 0 Å². The predicted octanol–water partition coefficient (Wildman–Crippen LogP) is 10.4. The Hall–Kier alpha value is -4.73. The van der Waals surface area contributed by atoms with Crippen molar-refractivity contribution >= 4 is 38.8 Å². The maximum absolute atomic E-state index is 9.75. The second kappa shape index (κ2) is 21.4. The SMILES string of the molecule is F[B-](F)(F)F.F[B-](F)(F)F.F[B-](F)(F)F.N#[N+]c1ccccc1.N#[N+]c1ccccc1.N#[N+]c1ccccc1. The fourth-order valence-electron chi connectivity index (χ4n) is 1.48. The van der Waals surface area contributed by atoms with Crippen LogP contribution in [0.3, 0.4) is 0 Å². The number of hydrogen-bond acceptors (Lipinski definition) is 3. The van der Waals surface area contributed by atoms with E-state index in [0.29, 0.717) is 17.1 Å². The van der Waals surface area contributed by atoms with Crippen LogP contribution in [0.2, 0.25) is 0 Å². The van der Waals surface area contributed by atoms with Gasteiger partial charge in [-0.25, -0.2) is 0 Å². The van der Waals surface area contributed by atoms with Gasteiger partial charge in [-0.15, -0.1) is 0 Å². The van der Waals surface area contributed by atoms with Crippen molar-refractivity contribution in [2.75, 3.05) is 0 Å². The molecule has 0 atom stereocenters. The first-order valence-corrected chi connectivity index (χ1v) is 9.62. The summed E-state index contributed by atoms with van der Waals surface area (Å²) in [5, 5.41) is 24.5. The molecule has 0 unspecified atom stereocenters. The molecule has 0 saturated carbocycles. The Bertz CT molecular complexity index is 965. The van der Waals surface area contributed by atoms with E-state index < -0.39 is 21.8 Å². The smallest absolute Gasteiger partial charge is 0.418 e. The van der Waals surface area contributed by atoms with E-state index in [1.165, 1.54) is 0 Å². The molecule has 0 bridgehead atoms. The highest BCUT2D eigenvalue weighted by atomic mass is 19.5. The van der Waals surface area contributed by atoms with Gasteiger partial charge in [0.25, 0.3) is 0 Å². The molecule has 0 aliphatic carbocycles. The van der Waals surface area contributed by atoms with Crippen LogP contribution in [0.1, 0.15) is 0 Å². The second-order valence-corrected chi connectivity index (χ2v) is 5.79. The molecule has 0 heterocycles. The van der Waals surface area contributed by atoms with Crippen LogP contribution < -0.4 is 0 Å². The largest absolute Gasteiger partial charge is 0.673 e. The molecule has 0 aliphatic rings. The van der Waals surface area contributed by atoms with Crippen molar-refractivity contribution in [3.63, 3.8) is 0 Å². The molecule has 0 fully saturated rings. The Morgan fingerprint density at radius 1 is 0.333 bits per heavy atom. The van der Waals surface area contributed by atoms with E-state index in [4.69, 9.17) is 16.2 Å². The Balaban J connectivity index is -0.000000406. The van der Waals surface area contributed by atoms with E-state index in [1.807, 2.05) is 54.6 Å². The molecule has 3 aromatic rings. The fourth-order valence-corrected chi connectivity index (χ4v) is 1.48. The molecule has 0 N–H and O–H groups in total. The summed E-state index contributed by atoms with van der Waals surface area (Å²) in [5.74, 6) is 0. The third-order valence-electron chi connectivity index (χ3n) is 2.61. The van der Waals surface area contributed by atoms with Gasteiger partial charge in [-0.1, -0.05) is 54.6 Å². The van der Waals surface area contributed by atoms with E-state index in [-0.39, 0.29) is 0 Å². The van der Waals surface area contributed by atoms with Crippen LogP contribution in [0.5, 0.6) is 0 Å². The number of nitrogens with zero attached hydrogens (tertiary/aromatic N) is 6. The number of halogens is 12. The molecule has 6 nitrogen and oxygen atoms in total. The van der Waals surface area contributed by atoms with Crippen molar-refractivity contribution in [1.29, 1.82) is 16.2 Å². The highest BCUT2D eigenvalue weighted by Gasteiger charge is 2.21. The minimum atomic E-state index is -6.00. The lowest BCUT2D eigenvalue weighted by atomic mass is 10.3. The Morgan fingerprint density at radius 2 is 0.462 bits per heavy atom. The number of hydrogen-bond donors (Lipinski definition) is 0. The van der Waals surface area contributed by atoms with E-state index in [9.17, 15) is 51.8 Å². The maximum atomic E-state index is 9.75. The van der Waals surface area contributed by atoms with E-state index in [0.717, 1.165) is 0 Å². The zero-order valence-electron chi connectivity index (χ0n) is 19.1. The first-order chi connectivity index (χ1) is 17.8. The Morgan fingerprint density at radius 3 is 0.538 bits per heavy atom. The highest BCUT2D eigenvalue weighted by Crippen LogP contribution is 2.09. The molecular formula is C18H15B3F12N6. The fraction of sp³-hybridized carbons (Fsp3) is 0. The lowest BCUT2D eigenvalue weighted by Crippen LogP contribution is -2.02. The molecule has 0 amide bonds. The molecular weight excluding hydrogens is 561 g/mol. The van der Waals surface area contributed by atoms with Crippen molar-refractivity contribution in [2.45, 2.75) is 0 Å². The number of diazo groups is 3. The summed E-state index contributed by atoms with van der Waals surface area (Å²) in [6, 6.07) is 26.8. The van der Waals surface area contributed by atoms with Crippen LogP contribution in [0.15, 0.2) is 91.0 Å². The minimum Gasteiger partial charge on any atom is -0.418 e. The summed E-state index contributed by atoms with van der Waals surface area (Å²) in [4.78, 5) is 8.91. The van der Waals surface area contributed by atoms with Crippen molar-refractivity contribution in [3.05, 3.63) is 106 Å². The van der Waals surface area contributed by atoms with Gasteiger partial charge in [0.2, 0.25) is 16.2 Å². The van der Waals surface area contributed by atoms with Crippen LogP contribution in [0, 0.1) is 16.2 Å². The molecule has 0 radical (unpaired) electrons. The van der Waals surface area contributed by atoms with Gasteiger partial charge in [0.15, 0.2) is 14.9 Å². The molecule has 0 saturated heterocycles. The molecule has 0 spiro atoms. The van der Waals surface area contributed by atoms with Gasteiger partial charge < -0.3 is 51.8 Å². The normalized spacial score (nSPS) is 9.46. The standard InChI is InChI=1S/3C6H5N2.3BF4/c3*7-8-6-4-2-1-3-5-6;3*2-1(3,4)5/h3*1-5H;;;/q3*+1;3*-1. The summed E-state index contributed by atoms with van der Waals surface area (Å²) in [7, 11) is -18.0. The minimum absolute atomic E-state index is 0.590. The molecule has 210 valence electrons. The first kappa shape index (κ1) is 38.8. The summed E-state index contributed by atoms with van der Waals surface area (Å²) in [5.41, 5.74) is 1.77. The molecule has 3 rings (SSSR count). The Labute approximate surface area is 213 Å². The van der Waals surface area contributed by atoms with Gasteiger partial charge in [0.05, 0.1) is 0 Å². The Kier molecular flexibility index (Phi) is 21.3. The van der Waals surface area contributed by atoms with Crippen molar-refractivity contribution < 1.29 is 51.8 Å². The monoisotopic (exact) mass is 576 g/mol. The zero-order valence-corrected chi connectivity index (χ0v) is 19.1. The van der Waals surface area contributed by atoms with Gasteiger partial charge in [0, 0.05) is 36.4 Å². The van der Waals surface area contributed by atoms with Crippen LogP contribution in [-0.4, -0.2) is 21.8 Å². The van der Waals surface area contributed by atoms with Crippen LogP contribution in [0.25, 0.3) is 14.9 Å². The quantitative estimate of drug-likeness (QED) is 0.152. The van der Waals surface area contributed by atoms with Crippen molar-refractivity contribution in [2.24, 2.45) is 0 Å². The average molecular weight is 576 g/mol. The molecule has 0 aromatic heterocycles. The lowest BCUT2D eigenvalue weighted by molar-refractivity contribution is 0.366. The van der Waals surface area contributed by atoms with Gasteiger partial charge in [-0.2, -0.15) is 0 Å². The van der Waals surface area contributed by atoms with Crippen LogP contribution >= 0.6 is 0 Å². The molecule has 0 aliphatic heterocycles. The number of benzene rings is 3. The van der Waals surface area contributed by atoms with Crippen LogP contribution in [0.4, 0.5) is 68.9 Å². The van der Waals surface area contributed by atoms with Gasteiger partial charge in [-0.3, -0.25) is 0 Å². The van der Waals surface area contributed by atoms with E-state index in [1.54, 1.807) is 36.4 Å². The summed E-state index contributed by atoms with van der Waals surface area (Å²) in [6.45, 7) is 0. The zero-order chi connectivity index (χ0) is 31.0. The third-order valence-corrected chi connectivity index (χ3v) is 2.61.